The van der Waals surface area contributed by atoms with Gasteiger partial charge in [-0.25, -0.2) is 0 Å². The van der Waals surface area contributed by atoms with Crippen LogP contribution in [0.3, 0.4) is 0 Å². The van der Waals surface area contributed by atoms with Crippen molar-refractivity contribution in [3.8, 4) is 0 Å². The zero-order chi connectivity index (χ0) is 13.2. The second kappa shape index (κ2) is 5.63. The third kappa shape index (κ3) is 2.84. The molecular weight excluding hydrogens is 310 g/mol. The number of hydrogen-bond donors (Lipinski definition) is 0. The van der Waals surface area contributed by atoms with Crippen LogP contribution in [0.25, 0.3) is 0 Å². The summed E-state index contributed by atoms with van der Waals surface area (Å²) in [6.07, 6.45) is 8.24. The minimum atomic E-state index is 0.138. The van der Waals surface area contributed by atoms with Crippen LogP contribution in [0.4, 0.5) is 0 Å². The van der Waals surface area contributed by atoms with Crippen molar-refractivity contribution in [2.24, 2.45) is 0 Å². The molecule has 0 unspecified atom stereocenters. The van der Waals surface area contributed by atoms with E-state index in [0.29, 0.717) is 18.7 Å². The van der Waals surface area contributed by atoms with Gasteiger partial charge in [0.25, 0.3) is 0 Å². The van der Waals surface area contributed by atoms with Gasteiger partial charge in [-0.1, -0.05) is 0 Å². The fourth-order valence-corrected chi connectivity index (χ4v) is 3.39. The van der Waals surface area contributed by atoms with Gasteiger partial charge in [-0.2, -0.15) is 5.10 Å². The van der Waals surface area contributed by atoms with Crippen molar-refractivity contribution >= 4 is 21.8 Å². The van der Waals surface area contributed by atoms with Gasteiger partial charge < -0.3 is 9.64 Å². The Hall–Kier alpha value is -0.880. The molecule has 6 heteroatoms. The molecule has 5 nitrogen and oxygen atoms in total. The van der Waals surface area contributed by atoms with E-state index < -0.39 is 0 Å². The minimum absolute atomic E-state index is 0.138. The number of ether oxygens (including phenoxy) is 1. The number of rotatable bonds is 2. The third-order valence-electron chi connectivity index (χ3n) is 4.03. The van der Waals surface area contributed by atoms with Crippen molar-refractivity contribution in [1.29, 1.82) is 0 Å². The molecule has 1 aliphatic heterocycles. The molecule has 1 aromatic rings. The van der Waals surface area contributed by atoms with Crippen molar-refractivity contribution in [2.45, 2.75) is 37.8 Å². The molecule has 1 aliphatic carbocycles. The quantitative estimate of drug-likeness (QED) is 0.834. The molecule has 1 amide bonds. The molecule has 2 fully saturated rings. The van der Waals surface area contributed by atoms with Gasteiger partial charge in [0, 0.05) is 18.8 Å². The first-order chi connectivity index (χ1) is 9.24. The number of halogens is 1. The third-order valence-corrected chi connectivity index (χ3v) is 4.44. The van der Waals surface area contributed by atoms with E-state index >= 15 is 0 Å². The number of aromatic nitrogens is 2. The summed E-state index contributed by atoms with van der Waals surface area (Å²) in [6.45, 7) is 1.65. The highest BCUT2D eigenvalue weighted by Gasteiger charge is 2.32. The lowest BCUT2D eigenvalue weighted by Crippen LogP contribution is -2.49. The summed E-state index contributed by atoms with van der Waals surface area (Å²) in [5, 5.41) is 4.38. The van der Waals surface area contributed by atoms with Crippen molar-refractivity contribution in [3.05, 3.63) is 16.9 Å². The van der Waals surface area contributed by atoms with E-state index in [1.807, 2.05) is 22.0 Å². The molecule has 19 heavy (non-hydrogen) atoms. The van der Waals surface area contributed by atoms with Gasteiger partial charge in [-0.3, -0.25) is 9.48 Å². The van der Waals surface area contributed by atoms with E-state index in [-0.39, 0.29) is 12.5 Å². The first-order valence-corrected chi connectivity index (χ1v) is 7.60. The Bertz CT molecular complexity index is 462. The molecule has 2 aliphatic rings. The Labute approximate surface area is 121 Å². The second-order valence-corrected chi connectivity index (χ2v) is 6.17. The lowest BCUT2D eigenvalue weighted by atomic mass is 9.89. The van der Waals surface area contributed by atoms with Crippen LogP contribution in [0.1, 0.15) is 31.7 Å². The van der Waals surface area contributed by atoms with E-state index in [2.05, 4.69) is 21.0 Å². The van der Waals surface area contributed by atoms with E-state index in [1.165, 1.54) is 0 Å². The minimum Gasteiger partial charge on any atom is -0.370 e. The van der Waals surface area contributed by atoms with Crippen LogP contribution in [-0.4, -0.2) is 46.4 Å². The molecular formula is C13H18BrN3O2. The summed E-state index contributed by atoms with van der Waals surface area (Å²) in [7, 11) is 0. The molecule has 2 atom stereocenters. The number of carbonyl (C=O) groups excluding carboxylic acids is 1. The van der Waals surface area contributed by atoms with Gasteiger partial charge in [-0.15, -0.1) is 0 Å². The molecule has 0 N–H and O–H groups in total. The molecule has 2 heterocycles. The Balaban J connectivity index is 1.69. The summed E-state index contributed by atoms with van der Waals surface area (Å²) in [5.41, 5.74) is 0. The zero-order valence-corrected chi connectivity index (χ0v) is 12.4. The van der Waals surface area contributed by atoms with E-state index in [0.717, 1.165) is 36.7 Å². The molecule has 3 rings (SSSR count). The maximum atomic E-state index is 11.9. The lowest BCUT2D eigenvalue weighted by Gasteiger charge is -2.39. The van der Waals surface area contributed by atoms with Gasteiger partial charge in [-0.05, 0) is 41.6 Å². The van der Waals surface area contributed by atoms with Crippen LogP contribution in [-0.2, 0) is 9.53 Å². The number of hydrogen-bond acceptors (Lipinski definition) is 3. The predicted octanol–water partition coefficient (Wildman–Crippen LogP) is 1.99. The maximum absolute atomic E-state index is 11.9. The Kier molecular flexibility index (Phi) is 3.88. The van der Waals surface area contributed by atoms with Gasteiger partial charge in [0.1, 0.15) is 6.61 Å². The molecule has 0 spiro atoms. The molecule has 0 bridgehead atoms. The van der Waals surface area contributed by atoms with E-state index in [9.17, 15) is 4.79 Å². The standard InChI is InChI=1S/C13H18BrN3O2/c14-10-7-15-17(8-10)12-3-1-2-11(6-12)16-4-5-19-9-13(16)18/h7-8,11-12H,1-6,9H2/t11-,12-/m0/s1. The largest absolute Gasteiger partial charge is 0.370 e. The van der Waals surface area contributed by atoms with Gasteiger partial charge in [0.2, 0.25) is 5.91 Å². The molecule has 1 saturated heterocycles. The van der Waals surface area contributed by atoms with Crippen LogP contribution in [0.5, 0.6) is 0 Å². The van der Waals surface area contributed by atoms with Crippen LogP contribution in [0.2, 0.25) is 0 Å². The number of carbonyl (C=O) groups is 1. The smallest absolute Gasteiger partial charge is 0.248 e. The normalized spacial score (nSPS) is 28.7. The number of morpholine rings is 1. The number of amides is 1. The van der Waals surface area contributed by atoms with Crippen LogP contribution in [0, 0.1) is 0 Å². The highest BCUT2D eigenvalue weighted by molar-refractivity contribution is 9.10. The maximum Gasteiger partial charge on any atom is 0.248 e. The molecule has 0 aromatic carbocycles. The Morgan fingerprint density at radius 3 is 2.95 bits per heavy atom. The second-order valence-electron chi connectivity index (χ2n) is 5.25. The molecule has 104 valence electrons. The first-order valence-electron chi connectivity index (χ1n) is 6.81. The molecule has 1 aromatic heterocycles. The van der Waals surface area contributed by atoms with Crippen molar-refractivity contribution < 1.29 is 9.53 Å². The first kappa shape index (κ1) is 13.1. The van der Waals surface area contributed by atoms with Crippen LogP contribution >= 0.6 is 15.9 Å². The van der Waals surface area contributed by atoms with Gasteiger partial charge in [0.05, 0.1) is 23.3 Å². The summed E-state index contributed by atoms with van der Waals surface area (Å²) >= 11 is 3.44. The van der Waals surface area contributed by atoms with Gasteiger partial charge in [0.15, 0.2) is 0 Å². The fourth-order valence-electron chi connectivity index (χ4n) is 3.09. The number of nitrogens with zero attached hydrogens (tertiary/aromatic N) is 3. The van der Waals surface area contributed by atoms with E-state index in [1.54, 1.807) is 0 Å². The van der Waals surface area contributed by atoms with Crippen molar-refractivity contribution in [1.82, 2.24) is 14.7 Å². The van der Waals surface area contributed by atoms with Crippen LogP contribution in [0.15, 0.2) is 16.9 Å². The summed E-state index contributed by atoms with van der Waals surface area (Å²) in [5.74, 6) is 0.138. The highest BCUT2D eigenvalue weighted by atomic mass is 79.9. The monoisotopic (exact) mass is 327 g/mol. The SMILES string of the molecule is O=C1COCCN1[C@H]1CCC[C@H](n2cc(Br)cn2)C1. The zero-order valence-electron chi connectivity index (χ0n) is 10.8. The Morgan fingerprint density at radius 2 is 2.21 bits per heavy atom. The van der Waals surface area contributed by atoms with Gasteiger partial charge >= 0.3 is 0 Å². The predicted molar refractivity (Wildman–Crippen MR) is 73.8 cm³/mol. The topological polar surface area (TPSA) is 47.4 Å². The highest BCUT2D eigenvalue weighted by Crippen LogP contribution is 2.32. The summed E-state index contributed by atoms with van der Waals surface area (Å²) in [6, 6.07) is 0.749. The van der Waals surface area contributed by atoms with Crippen LogP contribution < -0.4 is 0 Å². The van der Waals surface area contributed by atoms with Crippen molar-refractivity contribution in [2.75, 3.05) is 19.8 Å². The average Bonchev–Trinajstić information content (AvgIpc) is 2.86. The fraction of sp³-hybridized carbons (Fsp3) is 0.692. The summed E-state index contributed by atoms with van der Waals surface area (Å²) in [4.78, 5) is 13.9. The Morgan fingerprint density at radius 1 is 1.37 bits per heavy atom. The molecule has 1 saturated carbocycles. The average molecular weight is 328 g/mol. The summed E-state index contributed by atoms with van der Waals surface area (Å²) < 4.78 is 8.24. The molecule has 0 radical (unpaired) electrons. The van der Waals surface area contributed by atoms with E-state index in [4.69, 9.17) is 4.74 Å². The van der Waals surface area contributed by atoms with Crippen molar-refractivity contribution in [3.63, 3.8) is 0 Å². The lowest BCUT2D eigenvalue weighted by molar-refractivity contribution is -0.146.